The zero-order chi connectivity index (χ0) is 21.2. The van der Waals surface area contributed by atoms with E-state index in [1.807, 2.05) is 18.2 Å². The van der Waals surface area contributed by atoms with Crippen molar-refractivity contribution in [3.63, 3.8) is 0 Å². The second-order valence-corrected chi connectivity index (χ2v) is 7.90. The molecule has 3 aromatic rings. The maximum atomic E-state index is 9.09. The molecule has 0 atom stereocenters. The summed E-state index contributed by atoms with van der Waals surface area (Å²) in [4.78, 5) is 0. The van der Waals surface area contributed by atoms with Crippen molar-refractivity contribution in [2.24, 2.45) is 0 Å². The average molecular weight is 524 g/mol. The predicted molar refractivity (Wildman–Crippen MR) is 123 cm³/mol. The summed E-state index contributed by atoms with van der Waals surface area (Å²) in [6.07, 6.45) is 1.06. The second-order valence-electron chi connectivity index (χ2n) is 6.07. The molecule has 0 aliphatic heterocycles. The van der Waals surface area contributed by atoms with Gasteiger partial charge in [-0.15, -0.1) is 0 Å². The van der Waals surface area contributed by atoms with E-state index >= 15 is 0 Å². The average Bonchev–Trinajstić information content (AvgIpc) is 2.75. The number of aryl methyl sites for hydroxylation is 1. The maximum absolute atomic E-state index is 9.09. The monoisotopic (exact) mass is 522 g/mol. The minimum absolute atomic E-state index is 0.158. The molecule has 0 aromatic heterocycles. The third-order valence-electron chi connectivity index (χ3n) is 4.09. The van der Waals surface area contributed by atoms with Crippen LogP contribution in [0.5, 0.6) is 23.0 Å². The number of benzene rings is 3. The molecular formula is C23H24Br2O4. The van der Waals surface area contributed by atoms with Crippen LogP contribution in [0.15, 0.2) is 69.6 Å². The molecule has 0 bridgehead atoms. The van der Waals surface area contributed by atoms with E-state index in [1.54, 1.807) is 25.3 Å². The van der Waals surface area contributed by atoms with Crippen molar-refractivity contribution in [2.45, 2.75) is 20.0 Å². The highest BCUT2D eigenvalue weighted by Crippen LogP contribution is 2.31. The molecule has 0 aliphatic rings. The van der Waals surface area contributed by atoms with Crippen molar-refractivity contribution in [1.82, 2.24) is 0 Å². The lowest BCUT2D eigenvalue weighted by Gasteiger charge is -2.11. The largest absolute Gasteiger partial charge is 0.504 e. The van der Waals surface area contributed by atoms with E-state index in [2.05, 4.69) is 63.0 Å². The van der Waals surface area contributed by atoms with Crippen LogP contribution >= 0.6 is 31.9 Å². The first kappa shape index (κ1) is 23.1. The second kappa shape index (κ2) is 11.7. The molecule has 0 saturated carbocycles. The summed E-state index contributed by atoms with van der Waals surface area (Å²) in [5.74, 6) is 2.13. The van der Waals surface area contributed by atoms with Gasteiger partial charge >= 0.3 is 0 Å². The van der Waals surface area contributed by atoms with Crippen LogP contribution in [0.4, 0.5) is 0 Å². The molecule has 0 unspecified atom stereocenters. The summed E-state index contributed by atoms with van der Waals surface area (Å²) in [5, 5.41) is 9.09. The molecular weight excluding hydrogens is 500 g/mol. The molecule has 0 saturated heterocycles. The van der Waals surface area contributed by atoms with Crippen molar-refractivity contribution >= 4 is 31.9 Å². The van der Waals surface area contributed by atoms with Crippen LogP contribution in [-0.4, -0.2) is 19.3 Å². The molecule has 0 spiro atoms. The van der Waals surface area contributed by atoms with Gasteiger partial charge < -0.3 is 19.3 Å². The molecule has 4 nitrogen and oxygen atoms in total. The van der Waals surface area contributed by atoms with Crippen LogP contribution in [0.1, 0.15) is 18.1 Å². The molecule has 0 radical (unpaired) electrons. The SMILES string of the molecule is CCc1ccc(COc2ccc(Br)cc2OC)cc1.COc1cc(Br)ccc1O. The number of rotatable bonds is 6. The molecule has 0 fully saturated rings. The Balaban J connectivity index is 0.000000253. The molecule has 0 aliphatic carbocycles. The number of phenols is 1. The van der Waals surface area contributed by atoms with E-state index in [-0.39, 0.29) is 5.75 Å². The van der Waals surface area contributed by atoms with E-state index in [0.29, 0.717) is 12.4 Å². The van der Waals surface area contributed by atoms with Gasteiger partial charge in [0.25, 0.3) is 0 Å². The number of methoxy groups -OCH3 is 2. The third kappa shape index (κ3) is 7.29. The Bertz CT molecular complexity index is 911. The smallest absolute Gasteiger partial charge is 0.161 e. The van der Waals surface area contributed by atoms with Gasteiger partial charge in [0, 0.05) is 8.95 Å². The number of hydrogen-bond donors (Lipinski definition) is 1. The first-order chi connectivity index (χ1) is 14.0. The summed E-state index contributed by atoms with van der Waals surface area (Å²) < 4.78 is 17.8. The fraction of sp³-hybridized carbons (Fsp3) is 0.217. The number of hydrogen-bond acceptors (Lipinski definition) is 4. The lowest BCUT2D eigenvalue weighted by atomic mass is 10.1. The van der Waals surface area contributed by atoms with E-state index in [0.717, 1.165) is 32.4 Å². The summed E-state index contributed by atoms with van der Waals surface area (Å²) in [5.41, 5.74) is 2.49. The number of aromatic hydroxyl groups is 1. The summed E-state index contributed by atoms with van der Waals surface area (Å²) in [6.45, 7) is 2.69. The normalized spacial score (nSPS) is 9.97. The standard InChI is InChI=1S/C16H17BrO2.C7H7BrO2/c1-3-12-4-6-13(7-5-12)11-19-15-9-8-14(17)10-16(15)18-2;1-10-7-4-5(8)2-3-6(7)9/h4-10H,3,11H2,1-2H3;2-4,9H,1H3. The molecule has 0 heterocycles. The van der Waals surface area contributed by atoms with Crippen LogP contribution in [0.25, 0.3) is 0 Å². The molecule has 1 N–H and O–H groups in total. The Labute approximate surface area is 188 Å². The van der Waals surface area contributed by atoms with Crippen molar-refractivity contribution in [2.75, 3.05) is 14.2 Å². The van der Waals surface area contributed by atoms with Gasteiger partial charge in [-0.25, -0.2) is 0 Å². The molecule has 3 rings (SSSR count). The van der Waals surface area contributed by atoms with Crippen LogP contribution in [0.3, 0.4) is 0 Å². The fourth-order valence-electron chi connectivity index (χ4n) is 2.44. The van der Waals surface area contributed by atoms with Gasteiger partial charge in [-0.1, -0.05) is 63.0 Å². The van der Waals surface area contributed by atoms with Crippen molar-refractivity contribution in [3.05, 3.63) is 80.7 Å². The van der Waals surface area contributed by atoms with Gasteiger partial charge in [0.05, 0.1) is 14.2 Å². The fourth-order valence-corrected chi connectivity index (χ4v) is 3.12. The number of phenolic OH excluding ortho intramolecular Hbond substituents is 1. The van der Waals surface area contributed by atoms with Gasteiger partial charge in [0.2, 0.25) is 0 Å². The van der Waals surface area contributed by atoms with Gasteiger partial charge in [-0.3, -0.25) is 0 Å². The lowest BCUT2D eigenvalue weighted by Crippen LogP contribution is -1.97. The lowest BCUT2D eigenvalue weighted by molar-refractivity contribution is 0.284. The van der Waals surface area contributed by atoms with Gasteiger partial charge in [-0.05, 0) is 53.9 Å². The topological polar surface area (TPSA) is 47.9 Å². The highest BCUT2D eigenvalue weighted by molar-refractivity contribution is 9.10. The quantitative estimate of drug-likeness (QED) is 0.387. The summed E-state index contributed by atoms with van der Waals surface area (Å²) >= 11 is 6.66. The third-order valence-corrected chi connectivity index (χ3v) is 5.08. The Morgan fingerprint density at radius 2 is 1.28 bits per heavy atom. The van der Waals surface area contributed by atoms with Crippen molar-refractivity contribution in [1.29, 1.82) is 0 Å². The highest BCUT2D eigenvalue weighted by Gasteiger charge is 2.05. The van der Waals surface area contributed by atoms with Gasteiger partial charge in [-0.2, -0.15) is 0 Å². The zero-order valence-corrected chi connectivity index (χ0v) is 19.8. The van der Waals surface area contributed by atoms with Gasteiger partial charge in [0.15, 0.2) is 23.0 Å². The van der Waals surface area contributed by atoms with Crippen molar-refractivity contribution in [3.8, 4) is 23.0 Å². The zero-order valence-electron chi connectivity index (χ0n) is 16.6. The van der Waals surface area contributed by atoms with Crippen molar-refractivity contribution < 1.29 is 19.3 Å². The molecule has 6 heteroatoms. The van der Waals surface area contributed by atoms with Crippen LogP contribution < -0.4 is 14.2 Å². The van der Waals surface area contributed by atoms with Crippen LogP contribution in [0.2, 0.25) is 0 Å². The number of ether oxygens (including phenoxy) is 3. The Hall–Kier alpha value is -2.18. The Morgan fingerprint density at radius 3 is 1.83 bits per heavy atom. The summed E-state index contributed by atoms with van der Waals surface area (Å²) in [7, 11) is 3.16. The highest BCUT2D eigenvalue weighted by atomic mass is 79.9. The van der Waals surface area contributed by atoms with Crippen LogP contribution in [-0.2, 0) is 13.0 Å². The maximum Gasteiger partial charge on any atom is 0.161 e. The van der Waals surface area contributed by atoms with E-state index < -0.39 is 0 Å². The van der Waals surface area contributed by atoms with Gasteiger partial charge in [0.1, 0.15) is 6.61 Å². The molecule has 154 valence electrons. The minimum Gasteiger partial charge on any atom is -0.504 e. The first-order valence-corrected chi connectivity index (χ1v) is 10.6. The van der Waals surface area contributed by atoms with E-state index in [4.69, 9.17) is 19.3 Å². The Morgan fingerprint density at radius 1 is 0.724 bits per heavy atom. The Kier molecular flexibility index (Phi) is 9.35. The molecule has 29 heavy (non-hydrogen) atoms. The van der Waals surface area contributed by atoms with E-state index in [1.165, 1.54) is 12.7 Å². The summed E-state index contributed by atoms with van der Waals surface area (Å²) in [6, 6.07) is 19.2. The first-order valence-electron chi connectivity index (χ1n) is 9.03. The molecule has 3 aromatic carbocycles. The molecule has 0 amide bonds. The predicted octanol–water partition coefficient (Wildman–Crippen LogP) is 6.76. The number of halogens is 2. The van der Waals surface area contributed by atoms with Crippen LogP contribution in [0, 0.1) is 0 Å². The van der Waals surface area contributed by atoms with E-state index in [9.17, 15) is 0 Å². The minimum atomic E-state index is 0.158.